The molecule has 5 rings (SSSR count). The number of benzene rings is 2. The normalized spacial score (nSPS) is 16.3. The van der Waals surface area contributed by atoms with E-state index in [0.29, 0.717) is 48.3 Å². The van der Waals surface area contributed by atoms with Crippen molar-refractivity contribution >= 4 is 22.5 Å². The Kier molecular flexibility index (Phi) is 4.82. The third-order valence-corrected chi connectivity index (χ3v) is 5.67. The molecule has 8 nitrogen and oxygen atoms in total. The molecule has 1 aliphatic rings. The summed E-state index contributed by atoms with van der Waals surface area (Å²) >= 11 is 0. The number of hydrogen-bond donors (Lipinski definition) is 1. The van der Waals surface area contributed by atoms with Crippen LogP contribution >= 0.6 is 0 Å². The van der Waals surface area contributed by atoms with Crippen LogP contribution in [0.1, 0.15) is 29.6 Å². The zero-order valence-corrected chi connectivity index (χ0v) is 17.3. The molecule has 1 aliphatic heterocycles. The van der Waals surface area contributed by atoms with Gasteiger partial charge in [0.15, 0.2) is 5.82 Å². The van der Waals surface area contributed by atoms with E-state index in [2.05, 4.69) is 21.2 Å². The van der Waals surface area contributed by atoms with Crippen LogP contribution in [0.4, 0.5) is 5.69 Å². The van der Waals surface area contributed by atoms with Gasteiger partial charge in [0.1, 0.15) is 11.5 Å². The summed E-state index contributed by atoms with van der Waals surface area (Å²) in [4.78, 5) is 22.3. The van der Waals surface area contributed by atoms with Crippen molar-refractivity contribution in [2.75, 3.05) is 25.7 Å². The number of hydrogen-bond acceptors (Lipinski definition) is 6. The van der Waals surface area contributed by atoms with Crippen molar-refractivity contribution in [2.24, 2.45) is 0 Å². The van der Waals surface area contributed by atoms with E-state index in [1.54, 1.807) is 37.3 Å². The Morgan fingerprint density at radius 3 is 2.90 bits per heavy atom. The predicted octanol–water partition coefficient (Wildman–Crippen LogP) is 3.68. The number of carbonyl (C=O) groups is 1. The summed E-state index contributed by atoms with van der Waals surface area (Å²) in [6.45, 7) is 0.453. The molecule has 31 heavy (non-hydrogen) atoms. The molecule has 1 saturated heterocycles. The minimum Gasteiger partial charge on any atom is -0.497 e. The van der Waals surface area contributed by atoms with Crippen molar-refractivity contribution in [3.63, 3.8) is 0 Å². The molecule has 1 amide bonds. The summed E-state index contributed by atoms with van der Waals surface area (Å²) in [7, 11) is 3.17. The molecule has 1 fully saturated rings. The first kappa shape index (κ1) is 19.2. The van der Waals surface area contributed by atoms with Gasteiger partial charge in [-0.1, -0.05) is 23.4 Å². The van der Waals surface area contributed by atoms with E-state index in [1.165, 1.54) is 0 Å². The maximum Gasteiger partial charge on any atom is 0.231 e. The zero-order chi connectivity index (χ0) is 21.4. The highest BCUT2D eigenvalue weighted by molar-refractivity contribution is 5.98. The van der Waals surface area contributed by atoms with Gasteiger partial charge in [0.25, 0.3) is 0 Å². The van der Waals surface area contributed by atoms with Gasteiger partial charge in [0.2, 0.25) is 11.8 Å². The molecule has 0 spiro atoms. The SMILES string of the molecule is COc1ccc(OC)c(N2CC(c3noc(Cc4c[nH]c5ccccc45)n3)CC2=O)c1. The Bertz CT molecular complexity index is 1250. The summed E-state index contributed by atoms with van der Waals surface area (Å²) in [6, 6.07) is 13.5. The molecule has 158 valence electrons. The monoisotopic (exact) mass is 418 g/mol. The average Bonchev–Trinajstić information content (AvgIpc) is 3.52. The quantitative estimate of drug-likeness (QED) is 0.513. The predicted molar refractivity (Wildman–Crippen MR) is 115 cm³/mol. The lowest BCUT2D eigenvalue weighted by Gasteiger charge is -2.20. The van der Waals surface area contributed by atoms with E-state index in [-0.39, 0.29) is 11.8 Å². The van der Waals surface area contributed by atoms with E-state index < -0.39 is 0 Å². The number of methoxy groups -OCH3 is 2. The van der Waals surface area contributed by atoms with Crippen LogP contribution in [0, 0.1) is 0 Å². The molecule has 4 aromatic rings. The third kappa shape index (κ3) is 3.50. The van der Waals surface area contributed by atoms with E-state index in [1.807, 2.05) is 24.4 Å². The van der Waals surface area contributed by atoms with Crippen LogP contribution in [0.5, 0.6) is 11.5 Å². The highest BCUT2D eigenvalue weighted by atomic mass is 16.5. The molecule has 2 aromatic heterocycles. The van der Waals surface area contributed by atoms with Crippen LogP contribution in [0.2, 0.25) is 0 Å². The van der Waals surface area contributed by atoms with Crippen molar-refractivity contribution in [3.8, 4) is 11.5 Å². The van der Waals surface area contributed by atoms with Gasteiger partial charge in [0, 0.05) is 42.0 Å². The molecule has 1 unspecified atom stereocenters. The number of amides is 1. The summed E-state index contributed by atoms with van der Waals surface area (Å²) in [5.41, 5.74) is 2.84. The van der Waals surface area contributed by atoms with E-state index in [4.69, 9.17) is 14.0 Å². The third-order valence-electron chi connectivity index (χ3n) is 5.67. The van der Waals surface area contributed by atoms with Crippen molar-refractivity contribution < 1.29 is 18.8 Å². The Morgan fingerprint density at radius 2 is 2.06 bits per heavy atom. The van der Waals surface area contributed by atoms with Crippen molar-refractivity contribution in [1.82, 2.24) is 15.1 Å². The highest BCUT2D eigenvalue weighted by Crippen LogP contribution is 2.38. The number of rotatable bonds is 6. The maximum absolute atomic E-state index is 12.8. The average molecular weight is 418 g/mol. The molecule has 0 aliphatic carbocycles. The number of nitrogens with one attached hydrogen (secondary N) is 1. The molecule has 0 saturated carbocycles. The number of H-pyrrole nitrogens is 1. The van der Waals surface area contributed by atoms with E-state index >= 15 is 0 Å². The molecule has 3 heterocycles. The Morgan fingerprint density at radius 1 is 1.19 bits per heavy atom. The number of fused-ring (bicyclic) bond motifs is 1. The Balaban J connectivity index is 1.36. The molecule has 1 N–H and O–H groups in total. The minimum absolute atomic E-state index is 0.0143. The van der Waals surface area contributed by atoms with Crippen LogP contribution in [0.3, 0.4) is 0 Å². The number of para-hydroxylation sites is 1. The first-order valence-corrected chi connectivity index (χ1v) is 10.1. The summed E-state index contributed by atoms with van der Waals surface area (Å²) in [6.07, 6.45) is 2.81. The second-order valence-corrected chi connectivity index (χ2v) is 7.53. The number of aromatic amines is 1. The van der Waals surface area contributed by atoms with Gasteiger partial charge < -0.3 is 23.9 Å². The fourth-order valence-electron chi connectivity index (χ4n) is 4.07. The molecular formula is C23H22N4O4. The smallest absolute Gasteiger partial charge is 0.231 e. The van der Waals surface area contributed by atoms with Gasteiger partial charge in [-0.05, 0) is 23.8 Å². The first-order chi connectivity index (χ1) is 15.2. The second-order valence-electron chi connectivity index (χ2n) is 7.53. The molecule has 8 heteroatoms. The lowest BCUT2D eigenvalue weighted by Crippen LogP contribution is -2.25. The fourth-order valence-corrected chi connectivity index (χ4v) is 4.07. The van der Waals surface area contributed by atoms with Gasteiger partial charge in [-0.3, -0.25) is 4.79 Å². The van der Waals surface area contributed by atoms with Crippen molar-refractivity contribution in [3.05, 3.63) is 65.9 Å². The minimum atomic E-state index is -0.149. The summed E-state index contributed by atoms with van der Waals surface area (Å²) in [5.74, 6) is 2.19. The van der Waals surface area contributed by atoms with Crippen LogP contribution in [0.15, 0.2) is 53.2 Å². The molecule has 1 atom stereocenters. The largest absolute Gasteiger partial charge is 0.497 e. The van der Waals surface area contributed by atoms with Crippen LogP contribution in [-0.2, 0) is 11.2 Å². The molecular weight excluding hydrogens is 396 g/mol. The van der Waals surface area contributed by atoms with Gasteiger partial charge in [-0.2, -0.15) is 4.98 Å². The number of ether oxygens (including phenoxy) is 2. The topological polar surface area (TPSA) is 93.5 Å². The van der Waals surface area contributed by atoms with Gasteiger partial charge in [-0.15, -0.1) is 0 Å². The summed E-state index contributed by atoms with van der Waals surface area (Å²) < 4.78 is 16.3. The van der Waals surface area contributed by atoms with E-state index in [9.17, 15) is 4.79 Å². The van der Waals surface area contributed by atoms with Crippen LogP contribution in [-0.4, -0.2) is 41.8 Å². The van der Waals surface area contributed by atoms with Crippen LogP contribution in [0.25, 0.3) is 10.9 Å². The number of aromatic nitrogens is 3. The van der Waals surface area contributed by atoms with Gasteiger partial charge in [0.05, 0.1) is 26.3 Å². The van der Waals surface area contributed by atoms with Crippen molar-refractivity contribution in [2.45, 2.75) is 18.8 Å². The van der Waals surface area contributed by atoms with Gasteiger partial charge >= 0.3 is 0 Å². The number of anilines is 1. The van der Waals surface area contributed by atoms with E-state index in [0.717, 1.165) is 16.5 Å². The second kappa shape index (κ2) is 7.79. The van der Waals surface area contributed by atoms with Crippen LogP contribution < -0.4 is 14.4 Å². The molecule has 2 aromatic carbocycles. The maximum atomic E-state index is 12.8. The highest BCUT2D eigenvalue weighted by Gasteiger charge is 2.36. The lowest BCUT2D eigenvalue weighted by molar-refractivity contribution is -0.117. The number of nitrogens with zero attached hydrogens (tertiary/aromatic N) is 3. The summed E-state index contributed by atoms with van der Waals surface area (Å²) in [5, 5.41) is 5.30. The first-order valence-electron chi connectivity index (χ1n) is 10.1. The fraction of sp³-hybridized carbons (Fsp3) is 0.261. The van der Waals surface area contributed by atoms with Gasteiger partial charge in [-0.25, -0.2) is 0 Å². The standard InChI is InChI=1S/C23H22N4O4/c1-29-16-7-8-20(30-2)19(11-16)27-13-15(10-22(27)28)23-25-21(31-26-23)9-14-12-24-18-6-4-3-5-17(14)18/h3-8,11-12,15,24H,9-10,13H2,1-2H3. The van der Waals surface area contributed by atoms with Crippen molar-refractivity contribution in [1.29, 1.82) is 0 Å². The molecule has 0 bridgehead atoms. The Labute approximate surface area is 178 Å². The Hall–Kier alpha value is -3.81. The molecule has 0 radical (unpaired) electrons. The lowest BCUT2D eigenvalue weighted by atomic mass is 10.1. The zero-order valence-electron chi connectivity index (χ0n) is 17.3. The number of carbonyl (C=O) groups excluding carboxylic acids is 1.